The average Bonchev–Trinajstić information content (AvgIpc) is 3.21. The van der Waals surface area contributed by atoms with Gasteiger partial charge in [0, 0.05) is 22.9 Å². The maximum Gasteiger partial charge on any atom is 0.355 e. The standard InChI is InChI=1S/C27H28N2O6/c1-4-7-8-23(31)35-27(6-3)20-12-22-24-18(13-29(22)25(32)19(20)14-34-26(27)33)16(5-2)17-11-15(30)9-10-21(17)28-24/h9-12,30H,4-8,13-14H2,1-3H3/t27-/m0/s1. The molecular formula is C27H28N2O6. The van der Waals surface area contributed by atoms with Crippen LogP contribution in [0.4, 0.5) is 0 Å². The number of aryl methyl sites for hydroxylation is 1. The quantitative estimate of drug-likeness (QED) is 0.418. The Bertz CT molecular complexity index is 1440. The lowest BCUT2D eigenvalue weighted by Crippen LogP contribution is -2.47. The van der Waals surface area contributed by atoms with Crippen molar-refractivity contribution in [1.82, 2.24) is 9.55 Å². The van der Waals surface area contributed by atoms with Gasteiger partial charge in [0.25, 0.3) is 5.56 Å². The van der Waals surface area contributed by atoms with Gasteiger partial charge in [0.2, 0.25) is 5.60 Å². The molecule has 8 nitrogen and oxygen atoms in total. The third kappa shape index (κ3) is 3.42. The third-order valence-electron chi connectivity index (χ3n) is 7.13. The second kappa shape index (κ2) is 8.52. The van der Waals surface area contributed by atoms with E-state index in [1.807, 2.05) is 13.8 Å². The molecule has 1 atom stereocenters. The third-order valence-corrected chi connectivity index (χ3v) is 7.13. The normalized spacial score (nSPS) is 18.1. The summed E-state index contributed by atoms with van der Waals surface area (Å²) in [4.78, 5) is 44.1. The van der Waals surface area contributed by atoms with E-state index in [4.69, 9.17) is 14.5 Å². The molecule has 3 aromatic rings. The number of carbonyl (C=O) groups excluding carboxylic acids is 2. The summed E-state index contributed by atoms with van der Waals surface area (Å²) in [6.45, 7) is 5.91. The molecule has 0 bridgehead atoms. The van der Waals surface area contributed by atoms with E-state index >= 15 is 0 Å². The molecule has 0 saturated heterocycles. The van der Waals surface area contributed by atoms with Gasteiger partial charge in [0.05, 0.1) is 29.0 Å². The molecule has 182 valence electrons. The number of phenols is 1. The van der Waals surface area contributed by atoms with Gasteiger partial charge in [-0.3, -0.25) is 9.59 Å². The SMILES string of the molecule is CCCCC(=O)O[C@]1(CC)C(=O)OCc2c1cc1n(c2=O)Cc2c-1nc1ccc(O)cc1c2CC. The van der Waals surface area contributed by atoms with Crippen LogP contribution in [0.2, 0.25) is 0 Å². The fourth-order valence-corrected chi connectivity index (χ4v) is 5.28. The summed E-state index contributed by atoms with van der Waals surface area (Å²) in [5.41, 5.74) is 2.67. The molecule has 8 heteroatoms. The Labute approximate surface area is 202 Å². The van der Waals surface area contributed by atoms with Crippen LogP contribution in [0.3, 0.4) is 0 Å². The highest BCUT2D eigenvalue weighted by Gasteiger charge is 2.50. The van der Waals surface area contributed by atoms with Crippen LogP contribution in [-0.2, 0) is 44.2 Å². The fraction of sp³-hybridized carbons (Fsp3) is 0.407. The van der Waals surface area contributed by atoms with Crippen LogP contribution in [0.15, 0.2) is 29.1 Å². The summed E-state index contributed by atoms with van der Waals surface area (Å²) in [6.07, 6.45) is 2.50. The summed E-state index contributed by atoms with van der Waals surface area (Å²) >= 11 is 0. The van der Waals surface area contributed by atoms with E-state index in [0.29, 0.717) is 47.4 Å². The van der Waals surface area contributed by atoms with Crippen molar-refractivity contribution in [3.63, 3.8) is 0 Å². The van der Waals surface area contributed by atoms with Crippen LogP contribution < -0.4 is 5.56 Å². The number of pyridine rings is 2. The monoisotopic (exact) mass is 476 g/mol. The van der Waals surface area contributed by atoms with Crippen molar-refractivity contribution in [1.29, 1.82) is 0 Å². The summed E-state index contributed by atoms with van der Waals surface area (Å²) in [7, 11) is 0. The first-order valence-corrected chi connectivity index (χ1v) is 12.2. The van der Waals surface area contributed by atoms with Crippen molar-refractivity contribution in [2.45, 2.75) is 71.6 Å². The number of carbonyl (C=O) groups is 2. The molecule has 2 aliphatic heterocycles. The zero-order valence-electron chi connectivity index (χ0n) is 20.1. The minimum atomic E-state index is -1.66. The number of unbranched alkanes of at least 4 members (excludes halogenated alkanes) is 1. The Hall–Kier alpha value is -3.68. The van der Waals surface area contributed by atoms with Crippen LogP contribution in [0.25, 0.3) is 22.3 Å². The van der Waals surface area contributed by atoms with Gasteiger partial charge in [-0.15, -0.1) is 0 Å². The van der Waals surface area contributed by atoms with Gasteiger partial charge in [-0.1, -0.05) is 27.2 Å². The molecule has 0 amide bonds. The molecule has 0 radical (unpaired) electrons. The first kappa shape index (κ1) is 23.1. The Kier molecular flexibility index (Phi) is 5.62. The topological polar surface area (TPSA) is 108 Å². The Morgan fingerprint density at radius 1 is 1.20 bits per heavy atom. The van der Waals surface area contributed by atoms with Gasteiger partial charge in [0.1, 0.15) is 12.4 Å². The van der Waals surface area contributed by atoms with Gasteiger partial charge in [0.15, 0.2) is 0 Å². The number of aromatic hydroxyl groups is 1. The molecule has 0 saturated carbocycles. The molecule has 35 heavy (non-hydrogen) atoms. The minimum absolute atomic E-state index is 0.150. The van der Waals surface area contributed by atoms with Crippen molar-refractivity contribution in [3.05, 3.63) is 56.9 Å². The summed E-state index contributed by atoms with van der Waals surface area (Å²) in [5, 5.41) is 10.9. The van der Waals surface area contributed by atoms with E-state index < -0.39 is 17.5 Å². The first-order chi connectivity index (χ1) is 16.8. The molecule has 5 rings (SSSR count). The van der Waals surface area contributed by atoms with Gasteiger partial charge in [-0.25, -0.2) is 9.78 Å². The molecule has 2 aromatic heterocycles. The Morgan fingerprint density at radius 2 is 2.00 bits per heavy atom. The van der Waals surface area contributed by atoms with Crippen molar-refractivity contribution in [2.75, 3.05) is 0 Å². The average molecular weight is 477 g/mol. The lowest BCUT2D eigenvalue weighted by Gasteiger charge is -2.35. The molecule has 4 heterocycles. The number of rotatable bonds is 6. The lowest BCUT2D eigenvalue weighted by atomic mass is 9.85. The van der Waals surface area contributed by atoms with Crippen LogP contribution in [0.5, 0.6) is 5.75 Å². The highest BCUT2D eigenvalue weighted by Crippen LogP contribution is 2.42. The summed E-state index contributed by atoms with van der Waals surface area (Å²) in [6, 6.07) is 6.82. The number of esters is 2. The second-order valence-corrected chi connectivity index (χ2v) is 9.12. The van der Waals surface area contributed by atoms with E-state index in [0.717, 1.165) is 22.9 Å². The number of benzene rings is 1. The maximum atomic E-state index is 13.7. The summed E-state index contributed by atoms with van der Waals surface area (Å²) < 4.78 is 12.8. The number of nitrogens with zero attached hydrogens (tertiary/aromatic N) is 2. The molecule has 1 N–H and O–H groups in total. The van der Waals surface area contributed by atoms with E-state index in [9.17, 15) is 19.5 Å². The first-order valence-electron chi connectivity index (χ1n) is 12.2. The zero-order chi connectivity index (χ0) is 24.9. The van der Waals surface area contributed by atoms with Crippen LogP contribution in [0, 0.1) is 0 Å². The number of phenolic OH excluding ortho intramolecular Hbond substituents is 1. The highest BCUT2D eigenvalue weighted by atomic mass is 16.6. The van der Waals surface area contributed by atoms with Crippen LogP contribution in [0.1, 0.15) is 68.7 Å². The number of hydrogen-bond acceptors (Lipinski definition) is 7. The molecule has 1 aromatic carbocycles. The van der Waals surface area contributed by atoms with Gasteiger partial charge < -0.3 is 19.1 Å². The number of cyclic esters (lactones) is 1. The number of fused-ring (bicyclic) bond motifs is 5. The number of aromatic nitrogens is 2. The van der Waals surface area contributed by atoms with Gasteiger partial charge in [-0.2, -0.15) is 0 Å². The smallest absolute Gasteiger partial charge is 0.355 e. The van der Waals surface area contributed by atoms with Crippen LogP contribution in [-0.4, -0.2) is 26.6 Å². The summed E-state index contributed by atoms with van der Waals surface area (Å²) in [5.74, 6) is -0.988. The Morgan fingerprint density at radius 3 is 2.71 bits per heavy atom. The van der Waals surface area contributed by atoms with Crippen molar-refractivity contribution >= 4 is 22.8 Å². The largest absolute Gasteiger partial charge is 0.508 e. The van der Waals surface area contributed by atoms with Crippen molar-refractivity contribution in [3.8, 4) is 17.1 Å². The molecule has 0 unspecified atom stereocenters. The lowest BCUT2D eigenvalue weighted by molar-refractivity contribution is -0.189. The predicted octanol–water partition coefficient (Wildman–Crippen LogP) is 4.09. The number of ether oxygens (including phenoxy) is 2. The molecule has 0 fully saturated rings. The molecule has 0 spiro atoms. The second-order valence-electron chi connectivity index (χ2n) is 9.12. The zero-order valence-corrected chi connectivity index (χ0v) is 20.1. The maximum absolute atomic E-state index is 13.7. The van der Waals surface area contributed by atoms with Crippen molar-refractivity contribution < 1.29 is 24.2 Å². The van der Waals surface area contributed by atoms with E-state index in [1.54, 1.807) is 35.8 Å². The highest BCUT2D eigenvalue weighted by molar-refractivity contribution is 5.90. The van der Waals surface area contributed by atoms with Gasteiger partial charge in [-0.05, 0) is 49.1 Å². The molecule has 0 aliphatic carbocycles. The number of hydrogen-bond donors (Lipinski definition) is 1. The minimum Gasteiger partial charge on any atom is -0.508 e. The Balaban J connectivity index is 1.73. The van der Waals surface area contributed by atoms with E-state index in [2.05, 4.69) is 0 Å². The van der Waals surface area contributed by atoms with Gasteiger partial charge >= 0.3 is 11.9 Å². The molecular weight excluding hydrogens is 448 g/mol. The fourth-order valence-electron chi connectivity index (χ4n) is 5.28. The predicted molar refractivity (Wildman–Crippen MR) is 129 cm³/mol. The van der Waals surface area contributed by atoms with Crippen LogP contribution >= 0.6 is 0 Å². The van der Waals surface area contributed by atoms with E-state index in [1.165, 1.54) is 0 Å². The van der Waals surface area contributed by atoms with Crippen molar-refractivity contribution in [2.24, 2.45) is 0 Å². The molecule has 2 aliphatic rings. The van der Waals surface area contributed by atoms with E-state index in [-0.39, 0.29) is 30.8 Å².